The van der Waals surface area contributed by atoms with Crippen molar-refractivity contribution in [3.8, 4) is 0 Å². The molecule has 0 aromatic heterocycles. The van der Waals surface area contributed by atoms with Crippen LogP contribution in [0.25, 0.3) is 0 Å². The molecular formula is C17H26N2O2. The molecule has 0 aliphatic carbocycles. The molecular weight excluding hydrogens is 264 g/mol. The summed E-state index contributed by atoms with van der Waals surface area (Å²) in [7, 11) is 0. The molecule has 0 aliphatic rings. The Bertz CT molecular complexity index is 464. The molecule has 0 bridgehead atoms. The molecule has 116 valence electrons. The fraction of sp³-hybridized carbons (Fsp3) is 0.529. The van der Waals surface area contributed by atoms with E-state index in [1.54, 1.807) is 6.21 Å². The average molecular weight is 290 g/mol. The first kappa shape index (κ1) is 17.2. The monoisotopic (exact) mass is 290 g/mol. The Kier molecular flexibility index (Phi) is 6.92. The first-order valence-corrected chi connectivity index (χ1v) is 7.44. The van der Waals surface area contributed by atoms with Crippen molar-refractivity contribution in [2.75, 3.05) is 6.61 Å². The first-order chi connectivity index (χ1) is 9.90. The van der Waals surface area contributed by atoms with Crippen LogP contribution in [-0.4, -0.2) is 24.8 Å². The number of carbonyl (C=O) groups is 1. The van der Waals surface area contributed by atoms with E-state index in [0.29, 0.717) is 11.8 Å². The van der Waals surface area contributed by atoms with Gasteiger partial charge in [-0.2, -0.15) is 0 Å². The SMILES string of the molecule is CC(C)c1ccc(/C=N\OCC(=O)N[C@H](C)C(C)C)cc1. The van der Waals surface area contributed by atoms with Crippen LogP contribution in [0.4, 0.5) is 0 Å². The van der Waals surface area contributed by atoms with Gasteiger partial charge in [0.05, 0.1) is 6.21 Å². The highest BCUT2D eigenvalue weighted by atomic mass is 16.6. The van der Waals surface area contributed by atoms with E-state index in [-0.39, 0.29) is 18.6 Å². The second-order valence-corrected chi connectivity index (χ2v) is 5.93. The third-order valence-corrected chi connectivity index (χ3v) is 3.46. The van der Waals surface area contributed by atoms with E-state index >= 15 is 0 Å². The maximum atomic E-state index is 11.6. The summed E-state index contributed by atoms with van der Waals surface area (Å²) in [6.45, 7) is 10.3. The molecule has 0 spiro atoms. The van der Waals surface area contributed by atoms with E-state index in [9.17, 15) is 4.79 Å². The average Bonchev–Trinajstić information content (AvgIpc) is 2.44. The van der Waals surface area contributed by atoms with E-state index in [1.165, 1.54) is 5.56 Å². The minimum absolute atomic E-state index is 0.0579. The van der Waals surface area contributed by atoms with Crippen molar-refractivity contribution >= 4 is 12.1 Å². The number of carbonyl (C=O) groups excluding carboxylic acids is 1. The Labute approximate surface area is 127 Å². The fourth-order valence-electron chi connectivity index (χ4n) is 1.62. The lowest BCUT2D eigenvalue weighted by Gasteiger charge is -2.16. The van der Waals surface area contributed by atoms with Gasteiger partial charge >= 0.3 is 0 Å². The van der Waals surface area contributed by atoms with Crippen molar-refractivity contribution in [3.05, 3.63) is 35.4 Å². The summed E-state index contributed by atoms with van der Waals surface area (Å²) >= 11 is 0. The number of amides is 1. The Morgan fingerprint density at radius 1 is 1.19 bits per heavy atom. The number of hydrogen-bond donors (Lipinski definition) is 1. The molecule has 0 heterocycles. The van der Waals surface area contributed by atoms with Crippen LogP contribution in [0.15, 0.2) is 29.4 Å². The van der Waals surface area contributed by atoms with Gasteiger partial charge in [0.1, 0.15) is 0 Å². The van der Waals surface area contributed by atoms with Gasteiger partial charge in [0.15, 0.2) is 6.61 Å². The number of hydrogen-bond acceptors (Lipinski definition) is 3. The van der Waals surface area contributed by atoms with Crippen LogP contribution in [0.2, 0.25) is 0 Å². The van der Waals surface area contributed by atoms with Crippen molar-refractivity contribution in [3.63, 3.8) is 0 Å². The molecule has 21 heavy (non-hydrogen) atoms. The summed E-state index contributed by atoms with van der Waals surface area (Å²) in [5.41, 5.74) is 2.24. The molecule has 0 saturated heterocycles. The van der Waals surface area contributed by atoms with Gasteiger partial charge in [0.2, 0.25) is 0 Å². The zero-order chi connectivity index (χ0) is 15.8. The highest BCUT2D eigenvalue weighted by Crippen LogP contribution is 2.13. The van der Waals surface area contributed by atoms with Gasteiger partial charge in [-0.3, -0.25) is 4.79 Å². The Morgan fingerprint density at radius 2 is 1.81 bits per heavy atom. The van der Waals surface area contributed by atoms with E-state index in [4.69, 9.17) is 4.84 Å². The van der Waals surface area contributed by atoms with Gasteiger partial charge in [-0.05, 0) is 29.9 Å². The lowest BCUT2D eigenvalue weighted by Crippen LogP contribution is -2.38. The molecule has 4 heteroatoms. The van der Waals surface area contributed by atoms with Crippen molar-refractivity contribution in [2.24, 2.45) is 11.1 Å². The van der Waals surface area contributed by atoms with Crippen LogP contribution in [-0.2, 0) is 9.63 Å². The van der Waals surface area contributed by atoms with Crippen molar-refractivity contribution in [1.82, 2.24) is 5.32 Å². The van der Waals surface area contributed by atoms with Crippen molar-refractivity contribution in [2.45, 2.75) is 46.6 Å². The summed E-state index contributed by atoms with van der Waals surface area (Å²) in [6, 6.07) is 8.26. The molecule has 0 saturated carbocycles. The van der Waals surface area contributed by atoms with E-state index < -0.39 is 0 Å². The Morgan fingerprint density at radius 3 is 2.33 bits per heavy atom. The second-order valence-electron chi connectivity index (χ2n) is 5.93. The lowest BCUT2D eigenvalue weighted by molar-refractivity contribution is -0.126. The molecule has 1 rings (SSSR count). The van der Waals surface area contributed by atoms with Crippen LogP contribution in [0.1, 0.15) is 51.7 Å². The molecule has 4 nitrogen and oxygen atoms in total. The summed E-state index contributed by atoms with van der Waals surface area (Å²) in [6.07, 6.45) is 1.61. The van der Waals surface area contributed by atoms with Crippen molar-refractivity contribution < 1.29 is 9.63 Å². The van der Waals surface area contributed by atoms with Gasteiger partial charge in [-0.1, -0.05) is 57.1 Å². The van der Waals surface area contributed by atoms with Crippen LogP contribution in [0.3, 0.4) is 0 Å². The molecule has 0 unspecified atom stereocenters. The number of rotatable bonds is 7. The topological polar surface area (TPSA) is 50.7 Å². The third kappa shape index (κ3) is 6.43. The smallest absolute Gasteiger partial charge is 0.260 e. The molecule has 0 aliphatic heterocycles. The van der Waals surface area contributed by atoms with Gasteiger partial charge in [-0.25, -0.2) is 0 Å². The van der Waals surface area contributed by atoms with Crippen LogP contribution in [0.5, 0.6) is 0 Å². The van der Waals surface area contributed by atoms with Crippen molar-refractivity contribution in [1.29, 1.82) is 0 Å². The summed E-state index contributed by atoms with van der Waals surface area (Å²) in [5, 5.41) is 6.68. The standard InChI is InChI=1S/C17H26N2O2/c1-12(2)14(5)19-17(20)11-21-18-10-15-6-8-16(9-7-15)13(3)4/h6-10,12-14H,11H2,1-5H3,(H,19,20)/b18-10-/t14-/m1/s1. The second kappa shape index (κ2) is 8.45. The minimum atomic E-state index is -0.150. The van der Waals surface area contributed by atoms with Gasteiger partial charge < -0.3 is 10.2 Å². The maximum absolute atomic E-state index is 11.6. The van der Waals surface area contributed by atoms with E-state index in [1.807, 2.05) is 19.1 Å². The third-order valence-electron chi connectivity index (χ3n) is 3.46. The zero-order valence-electron chi connectivity index (χ0n) is 13.6. The normalized spacial score (nSPS) is 12.9. The van der Waals surface area contributed by atoms with Crippen LogP contribution >= 0.6 is 0 Å². The molecule has 1 amide bonds. The quantitative estimate of drug-likeness (QED) is 0.618. The number of nitrogens with zero attached hydrogens (tertiary/aromatic N) is 1. The van der Waals surface area contributed by atoms with Gasteiger partial charge in [-0.15, -0.1) is 0 Å². The lowest BCUT2D eigenvalue weighted by atomic mass is 10.0. The summed E-state index contributed by atoms with van der Waals surface area (Å²) in [4.78, 5) is 16.6. The minimum Gasteiger partial charge on any atom is -0.386 e. The molecule has 1 aromatic carbocycles. The number of benzene rings is 1. The van der Waals surface area contributed by atoms with E-state index in [2.05, 4.69) is 50.3 Å². The predicted octanol–water partition coefficient (Wildman–Crippen LogP) is 3.32. The number of nitrogens with one attached hydrogen (secondary N) is 1. The van der Waals surface area contributed by atoms with E-state index in [0.717, 1.165) is 5.56 Å². The maximum Gasteiger partial charge on any atom is 0.260 e. The highest BCUT2D eigenvalue weighted by molar-refractivity contribution is 5.80. The summed E-state index contributed by atoms with van der Waals surface area (Å²) in [5.74, 6) is 0.763. The molecule has 0 radical (unpaired) electrons. The molecule has 1 N–H and O–H groups in total. The molecule has 1 aromatic rings. The van der Waals surface area contributed by atoms with Gasteiger partial charge in [0.25, 0.3) is 5.91 Å². The van der Waals surface area contributed by atoms with Gasteiger partial charge in [0, 0.05) is 6.04 Å². The molecule has 0 fully saturated rings. The zero-order valence-corrected chi connectivity index (χ0v) is 13.6. The van der Waals surface area contributed by atoms with Crippen LogP contribution < -0.4 is 5.32 Å². The predicted molar refractivity (Wildman–Crippen MR) is 86.5 cm³/mol. The van der Waals surface area contributed by atoms with Crippen LogP contribution in [0, 0.1) is 5.92 Å². The Balaban J connectivity index is 2.36. The fourth-order valence-corrected chi connectivity index (χ4v) is 1.62. The molecule has 1 atom stereocenters. The largest absolute Gasteiger partial charge is 0.386 e. The highest BCUT2D eigenvalue weighted by Gasteiger charge is 2.10. The number of oxime groups is 1. The Hall–Kier alpha value is -1.84. The first-order valence-electron chi connectivity index (χ1n) is 7.44. The summed E-state index contributed by atoms with van der Waals surface area (Å²) < 4.78 is 0.